The van der Waals surface area contributed by atoms with Gasteiger partial charge in [-0.1, -0.05) is 54.9 Å². The zero-order valence-corrected chi connectivity index (χ0v) is 23.5. The molecule has 1 aromatic heterocycles. The fourth-order valence-electron chi connectivity index (χ4n) is 7.59. The Balaban J connectivity index is 0.00000288. The summed E-state index contributed by atoms with van der Waals surface area (Å²) in [6.07, 6.45) is 2.82. The van der Waals surface area contributed by atoms with E-state index in [2.05, 4.69) is 10.2 Å². The number of carbonyl (C=O) groups excluding carboxylic acids is 2. The number of benzene rings is 3. The Bertz CT molecular complexity index is 1800. The number of amides is 1. The van der Waals surface area contributed by atoms with Crippen LogP contribution in [0.5, 0.6) is 0 Å². The van der Waals surface area contributed by atoms with E-state index in [4.69, 9.17) is 33.0 Å². The molecule has 1 saturated carbocycles. The third-order valence-corrected chi connectivity index (χ3v) is 9.93. The summed E-state index contributed by atoms with van der Waals surface area (Å²) in [5.41, 5.74) is 2.70. The van der Waals surface area contributed by atoms with E-state index in [1.54, 1.807) is 36.4 Å². The zero-order chi connectivity index (χ0) is 28.2. The molecule has 3 aliphatic heterocycles. The maximum absolute atomic E-state index is 16.1. The molecule has 1 aliphatic carbocycles. The molecule has 3 aromatic carbocycles. The number of hydrogen-bond donors (Lipinski definition) is 1. The van der Waals surface area contributed by atoms with E-state index in [0.29, 0.717) is 46.2 Å². The second-order valence-corrected chi connectivity index (χ2v) is 12.3. The highest BCUT2D eigenvalue weighted by atomic mass is 35.5. The summed E-state index contributed by atoms with van der Waals surface area (Å²) in [7, 11) is 1.35. The van der Waals surface area contributed by atoms with Crippen LogP contribution in [0.15, 0.2) is 54.6 Å². The van der Waals surface area contributed by atoms with Crippen LogP contribution in [-0.4, -0.2) is 46.3 Å². The van der Waals surface area contributed by atoms with E-state index in [0.717, 1.165) is 29.5 Å². The van der Waals surface area contributed by atoms with Gasteiger partial charge in [0.2, 0.25) is 5.91 Å². The average molecular weight is 608 g/mol. The summed E-state index contributed by atoms with van der Waals surface area (Å²) in [4.78, 5) is 29.0. The summed E-state index contributed by atoms with van der Waals surface area (Å²) in [6.45, 7) is 0.713. The first kappa shape index (κ1) is 27.4. The minimum absolute atomic E-state index is 0. The minimum atomic E-state index is -1.18. The van der Waals surface area contributed by atoms with Crippen LogP contribution in [0.2, 0.25) is 10.0 Å². The first-order valence-corrected chi connectivity index (χ1v) is 14.5. The molecule has 7 nitrogen and oxygen atoms in total. The molecule has 4 aliphatic rings. The van der Waals surface area contributed by atoms with Gasteiger partial charge in [-0.05, 0) is 54.7 Å². The summed E-state index contributed by atoms with van der Waals surface area (Å²) < 4.78 is 23.0. The lowest BCUT2D eigenvalue weighted by molar-refractivity contribution is -0.128. The van der Waals surface area contributed by atoms with Gasteiger partial charge < -0.3 is 10.1 Å². The first-order valence-electron chi connectivity index (χ1n) is 13.7. The van der Waals surface area contributed by atoms with Gasteiger partial charge in [0.05, 0.1) is 29.3 Å². The molecule has 4 atom stereocenters. The highest BCUT2D eigenvalue weighted by molar-refractivity contribution is 6.31. The van der Waals surface area contributed by atoms with Crippen LogP contribution in [0.25, 0.3) is 10.9 Å². The molecule has 1 N–H and O–H groups in total. The maximum Gasteiger partial charge on any atom is 0.337 e. The molecule has 1 amide bonds. The number of rotatable bonds is 4. The SMILES string of the molecule is C.COC(=O)c1ccc2c3n(nc2c1)[C@@H]1[C@H](C3)N(CC2CC2)[C@@]2(C(=O)Nc3cc(Cl)ccc32)[C@H]1c1cccc(Cl)c1F. The number of halogens is 3. The van der Waals surface area contributed by atoms with Gasteiger partial charge in [0.1, 0.15) is 11.4 Å². The molecule has 0 unspecified atom stereocenters. The van der Waals surface area contributed by atoms with E-state index in [-0.39, 0.29) is 30.4 Å². The van der Waals surface area contributed by atoms with Crippen LogP contribution in [0.4, 0.5) is 10.1 Å². The van der Waals surface area contributed by atoms with Crippen molar-refractivity contribution >= 4 is 51.7 Å². The van der Waals surface area contributed by atoms with Crippen molar-refractivity contribution in [1.29, 1.82) is 0 Å². The number of ether oxygens (including phenoxy) is 1. The van der Waals surface area contributed by atoms with Crippen molar-refractivity contribution in [2.75, 3.05) is 19.0 Å². The Labute approximate surface area is 252 Å². The molecule has 10 heteroatoms. The second-order valence-electron chi connectivity index (χ2n) is 11.5. The Kier molecular flexibility index (Phi) is 6.21. The van der Waals surface area contributed by atoms with Crippen molar-refractivity contribution in [3.63, 3.8) is 0 Å². The average Bonchev–Trinajstić information content (AvgIpc) is 3.41. The Morgan fingerprint density at radius 1 is 1.17 bits per heavy atom. The molecule has 8 rings (SSSR count). The number of esters is 1. The molecular weight excluding hydrogens is 578 g/mol. The standard InChI is InChI=1S/C31H25Cl2FN4O3.CH4/c1-41-29(39)16-7-9-18-22(11-16)36-38-24(18)13-25-28(38)26(19-3-2-4-21(33)27(19)34)31(37(25)14-15-5-6-15)20-10-8-17(32)12-23(20)35-30(31)40;/h2-4,7-12,15,25-26,28H,5-6,13-14H2,1H3,(H,35,40);1H4/t25-,26-,28+,31+;/m0./s1. The molecule has 216 valence electrons. The number of anilines is 1. The molecule has 0 radical (unpaired) electrons. The van der Waals surface area contributed by atoms with Crippen molar-refractivity contribution in [3.05, 3.63) is 92.8 Å². The van der Waals surface area contributed by atoms with E-state index < -0.39 is 23.2 Å². The largest absolute Gasteiger partial charge is 0.465 e. The molecule has 4 aromatic rings. The van der Waals surface area contributed by atoms with Gasteiger partial charge in [-0.15, -0.1) is 0 Å². The van der Waals surface area contributed by atoms with Crippen molar-refractivity contribution in [2.24, 2.45) is 5.92 Å². The van der Waals surface area contributed by atoms with Crippen molar-refractivity contribution in [1.82, 2.24) is 14.7 Å². The number of methoxy groups -OCH3 is 1. The number of fused-ring (bicyclic) bond motifs is 7. The Hall–Kier alpha value is -3.46. The molecule has 42 heavy (non-hydrogen) atoms. The number of aromatic nitrogens is 2. The van der Waals surface area contributed by atoms with Gasteiger partial charge in [-0.3, -0.25) is 14.4 Å². The minimum Gasteiger partial charge on any atom is -0.465 e. The van der Waals surface area contributed by atoms with Gasteiger partial charge in [0, 0.05) is 52.3 Å². The summed E-state index contributed by atoms with van der Waals surface area (Å²) in [6, 6.07) is 15.3. The molecule has 0 bridgehead atoms. The lowest BCUT2D eigenvalue weighted by Gasteiger charge is -2.40. The third kappa shape index (κ3) is 3.58. The lowest BCUT2D eigenvalue weighted by atomic mass is 9.73. The van der Waals surface area contributed by atoms with Gasteiger partial charge in [-0.2, -0.15) is 5.10 Å². The number of hydrogen-bond acceptors (Lipinski definition) is 5. The number of carbonyl (C=O) groups is 2. The van der Waals surface area contributed by atoms with Crippen molar-refractivity contribution < 1.29 is 18.7 Å². The predicted molar refractivity (Wildman–Crippen MR) is 160 cm³/mol. The quantitative estimate of drug-likeness (QED) is 0.261. The molecule has 2 fully saturated rings. The molecular formula is C32H29Cl2FN4O3. The van der Waals surface area contributed by atoms with Crippen molar-refractivity contribution in [2.45, 2.75) is 50.2 Å². The topological polar surface area (TPSA) is 76.5 Å². The number of nitrogens with zero attached hydrogens (tertiary/aromatic N) is 3. The normalized spacial score (nSPS) is 25.7. The first-order chi connectivity index (χ1) is 19.8. The van der Waals surface area contributed by atoms with Gasteiger partial charge in [-0.25, -0.2) is 9.18 Å². The Morgan fingerprint density at radius 3 is 2.74 bits per heavy atom. The summed E-state index contributed by atoms with van der Waals surface area (Å²) in [5.74, 6) is -1.33. The van der Waals surface area contributed by atoms with Crippen LogP contribution in [0.1, 0.15) is 59.4 Å². The number of nitrogens with one attached hydrogen (secondary N) is 1. The van der Waals surface area contributed by atoms with Gasteiger partial charge in [0.15, 0.2) is 0 Å². The molecule has 1 saturated heterocycles. The van der Waals surface area contributed by atoms with Crippen LogP contribution in [0.3, 0.4) is 0 Å². The molecule has 4 heterocycles. The summed E-state index contributed by atoms with van der Waals surface area (Å²) in [5, 5.41) is 9.54. The predicted octanol–water partition coefficient (Wildman–Crippen LogP) is 6.73. The number of likely N-dealkylation sites (tertiary alicyclic amines) is 1. The van der Waals surface area contributed by atoms with E-state index in [9.17, 15) is 9.59 Å². The van der Waals surface area contributed by atoms with Crippen molar-refractivity contribution in [3.8, 4) is 0 Å². The summed E-state index contributed by atoms with van der Waals surface area (Å²) >= 11 is 12.7. The monoisotopic (exact) mass is 606 g/mol. The van der Waals surface area contributed by atoms with Gasteiger partial charge >= 0.3 is 5.97 Å². The van der Waals surface area contributed by atoms with Crippen LogP contribution < -0.4 is 5.32 Å². The zero-order valence-electron chi connectivity index (χ0n) is 22.0. The maximum atomic E-state index is 16.1. The van der Waals surface area contributed by atoms with Crippen LogP contribution in [0, 0.1) is 11.7 Å². The van der Waals surface area contributed by atoms with Crippen LogP contribution >= 0.6 is 23.2 Å². The highest BCUT2D eigenvalue weighted by Gasteiger charge is 2.69. The third-order valence-electron chi connectivity index (χ3n) is 9.40. The second kappa shape index (κ2) is 9.53. The highest BCUT2D eigenvalue weighted by Crippen LogP contribution is 2.64. The fourth-order valence-corrected chi connectivity index (χ4v) is 7.95. The van der Waals surface area contributed by atoms with E-state index in [1.165, 1.54) is 13.2 Å². The van der Waals surface area contributed by atoms with E-state index in [1.807, 2.05) is 16.8 Å². The fraction of sp³-hybridized carbons (Fsp3) is 0.344. The lowest BCUT2D eigenvalue weighted by Crippen LogP contribution is -2.53. The van der Waals surface area contributed by atoms with Crippen LogP contribution in [-0.2, 0) is 21.5 Å². The smallest absolute Gasteiger partial charge is 0.337 e. The molecule has 1 spiro atoms. The van der Waals surface area contributed by atoms with Gasteiger partial charge in [0.25, 0.3) is 0 Å². The Morgan fingerprint density at radius 2 is 1.98 bits per heavy atom. The van der Waals surface area contributed by atoms with E-state index >= 15 is 4.39 Å².